The molecule has 3 heterocycles. The first-order valence-corrected chi connectivity index (χ1v) is 8.59. The molecular weight excluding hydrogens is 332 g/mol. The Kier molecular flexibility index (Phi) is 4.24. The minimum atomic E-state index is -0.122. The van der Waals surface area contributed by atoms with Gasteiger partial charge in [-0.1, -0.05) is 6.07 Å². The number of amides is 1. The fourth-order valence-electron chi connectivity index (χ4n) is 3.17. The van der Waals surface area contributed by atoms with Crippen LogP contribution in [-0.2, 0) is 0 Å². The van der Waals surface area contributed by atoms with Crippen LogP contribution in [0.2, 0.25) is 0 Å². The standard InChI is InChI=1S/C20H20N2O4/c1-13-4-3-5-19(21-13)25-16-8-9-22(12-16)20(23)18-11-14-10-15(24-2)6-7-17(14)26-18/h3-7,10-11,16H,8-9,12H2,1-2H3. The van der Waals surface area contributed by atoms with Crippen LogP contribution < -0.4 is 9.47 Å². The van der Waals surface area contributed by atoms with E-state index in [2.05, 4.69) is 4.98 Å². The van der Waals surface area contributed by atoms with Crippen LogP contribution in [0.5, 0.6) is 11.6 Å². The highest BCUT2D eigenvalue weighted by Gasteiger charge is 2.30. The quantitative estimate of drug-likeness (QED) is 0.720. The lowest BCUT2D eigenvalue weighted by molar-refractivity contribution is 0.0742. The van der Waals surface area contributed by atoms with Gasteiger partial charge >= 0.3 is 0 Å². The fraction of sp³-hybridized carbons (Fsp3) is 0.300. The number of ether oxygens (including phenoxy) is 2. The summed E-state index contributed by atoms with van der Waals surface area (Å²) in [6.07, 6.45) is 0.716. The molecule has 1 aliphatic rings. The van der Waals surface area contributed by atoms with Crippen molar-refractivity contribution in [3.8, 4) is 11.6 Å². The van der Waals surface area contributed by atoms with Crippen molar-refractivity contribution in [3.63, 3.8) is 0 Å². The van der Waals surface area contributed by atoms with E-state index in [0.29, 0.717) is 30.3 Å². The third-order valence-electron chi connectivity index (χ3n) is 4.52. The number of hydrogen-bond acceptors (Lipinski definition) is 5. The molecule has 0 bridgehead atoms. The van der Waals surface area contributed by atoms with Crippen LogP contribution in [-0.4, -0.2) is 42.1 Å². The number of nitrogens with zero attached hydrogens (tertiary/aromatic N) is 2. The zero-order chi connectivity index (χ0) is 18.1. The molecule has 0 aliphatic carbocycles. The summed E-state index contributed by atoms with van der Waals surface area (Å²) >= 11 is 0. The first kappa shape index (κ1) is 16.4. The van der Waals surface area contributed by atoms with Gasteiger partial charge in [0.05, 0.1) is 13.7 Å². The molecule has 134 valence electrons. The zero-order valence-corrected chi connectivity index (χ0v) is 14.8. The summed E-state index contributed by atoms with van der Waals surface area (Å²) < 4.78 is 16.8. The second-order valence-corrected chi connectivity index (χ2v) is 6.41. The number of carbonyl (C=O) groups is 1. The number of hydrogen-bond donors (Lipinski definition) is 0. The predicted octanol–water partition coefficient (Wildman–Crippen LogP) is 3.44. The van der Waals surface area contributed by atoms with Crippen molar-refractivity contribution in [2.75, 3.05) is 20.2 Å². The third kappa shape index (κ3) is 3.22. The molecule has 1 aromatic carbocycles. The molecule has 1 atom stereocenters. The number of pyridine rings is 1. The Hall–Kier alpha value is -3.02. The minimum Gasteiger partial charge on any atom is -0.497 e. The molecule has 0 saturated carbocycles. The van der Waals surface area contributed by atoms with Crippen LogP contribution in [0.15, 0.2) is 46.9 Å². The Morgan fingerprint density at radius 2 is 2.15 bits per heavy atom. The molecule has 6 nitrogen and oxygen atoms in total. The van der Waals surface area contributed by atoms with Gasteiger partial charge in [-0.3, -0.25) is 4.79 Å². The van der Waals surface area contributed by atoms with Gasteiger partial charge in [-0.25, -0.2) is 4.98 Å². The van der Waals surface area contributed by atoms with Crippen molar-refractivity contribution >= 4 is 16.9 Å². The summed E-state index contributed by atoms with van der Waals surface area (Å²) in [5, 5.41) is 0.851. The summed E-state index contributed by atoms with van der Waals surface area (Å²) in [5.41, 5.74) is 1.58. The van der Waals surface area contributed by atoms with Crippen LogP contribution in [0.3, 0.4) is 0 Å². The summed E-state index contributed by atoms with van der Waals surface area (Å²) in [6, 6.07) is 12.9. The van der Waals surface area contributed by atoms with Crippen molar-refractivity contribution in [1.82, 2.24) is 9.88 Å². The van der Waals surface area contributed by atoms with Crippen LogP contribution in [0.4, 0.5) is 0 Å². The average Bonchev–Trinajstić information content (AvgIpc) is 3.27. The van der Waals surface area contributed by atoms with Crippen molar-refractivity contribution in [2.24, 2.45) is 0 Å². The number of carbonyl (C=O) groups excluding carboxylic acids is 1. The van der Waals surface area contributed by atoms with Gasteiger partial charge in [0, 0.05) is 30.1 Å². The summed E-state index contributed by atoms with van der Waals surface area (Å²) in [4.78, 5) is 18.9. The van der Waals surface area contributed by atoms with Crippen molar-refractivity contribution < 1.29 is 18.7 Å². The second-order valence-electron chi connectivity index (χ2n) is 6.41. The molecule has 1 unspecified atom stereocenters. The molecule has 4 rings (SSSR count). The van der Waals surface area contributed by atoms with E-state index in [1.54, 1.807) is 18.1 Å². The normalized spacial score (nSPS) is 16.8. The number of furan rings is 1. The molecule has 2 aromatic heterocycles. The Bertz CT molecular complexity index is 950. The summed E-state index contributed by atoms with van der Waals surface area (Å²) in [6.45, 7) is 3.08. The van der Waals surface area contributed by atoms with Gasteiger partial charge in [-0.2, -0.15) is 0 Å². The number of aromatic nitrogens is 1. The molecule has 1 saturated heterocycles. The van der Waals surface area contributed by atoms with E-state index in [4.69, 9.17) is 13.9 Å². The molecule has 1 aliphatic heterocycles. The van der Waals surface area contributed by atoms with Crippen molar-refractivity contribution in [1.29, 1.82) is 0 Å². The van der Waals surface area contributed by atoms with Gasteiger partial charge in [0.25, 0.3) is 5.91 Å². The smallest absolute Gasteiger partial charge is 0.289 e. The number of fused-ring (bicyclic) bond motifs is 1. The summed E-state index contributed by atoms with van der Waals surface area (Å²) in [5.74, 6) is 1.55. The van der Waals surface area contributed by atoms with Gasteiger partial charge in [-0.15, -0.1) is 0 Å². The van der Waals surface area contributed by atoms with E-state index in [0.717, 1.165) is 23.3 Å². The van der Waals surface area contributed by atoms with Crippen LogP contribution in [0.1, 0.15) is 22.7 Å². The van der Waals surface area contributed by atoms with E-state index < -0.39 is 0 Å². The molecule has 0 radical (unpaired) electrons. The van der Waals surface area contributed by atoms with E-state index in [9.17, 15) is 4.79 Å². The highest BCUT2D eigenvalue weighted by molar-refractivity contribution is 5.96. The molecule has 6 heteroatoms. The fourth-order valence-corrected chi connectivity index (χ4v) is 3.17. The number of methoxy groups -OCH3 is 1. The first-order valence-electron chi connectivity index (χ1n) is 8.59. The number of benzene rings is 1. The highest BCUT2D eigenvalue weighted by Crippen LogP contribution is 2.26. The predicted molar refractivity (Wildman–Crippen MR) is 96.7 cm³/mol. The van der Waals surface area contributed by atoms with Crippen LogP contribution >= 0.6 is 0 Å². The van der Waals surface area contributed by atoms with Gasteiger partial charge in [0.1, 0.15) is 17.4 Å². The molecule has 3 aromatic rings. The molecule has 26 heavy (non-hydrogen) atoms. The molecular formula is C20H20N2O4. The molecule has 1 fully saturated rings. The zero-order valence-electron chi connectivity index (χ0n) is 14.8. The maximum atomic E-state index is 12.8. The molecule has 0 N–H and O–H groups in total. The number of rotatable bonds is 4. The number of likely N-dealkylation sites (tertiary alicyclic amines) is 1. The van der Waals surface area contributed by atoms with Crippen molar-refractivity contribution in [2.45, 2.75) is 19.4 Å². The monoisotopic (exact) mass is 352 g/mol. The first-order chi connectivity index (χ1) is 12.6. The second kappa shape index (κ2) is 6.71. The van der Waals surface area contributed by atoms with Crippen LogP contribution in [0.25, 0.3) is 11.0 Å². The average molecular weight is 352 g/mol. The molecule has 1 amide bonds. The lowest BCUT2D eigenvalue weighted by Crippen LogP contribution is -2.30. The Morgan fingerprint density at radius 3 is 2.96 bits per heavy atom. The Balaban J connectivity index is 1.45. The third-order valence-corrected chi connectivity index (χ3v) is 4.52. The SMILES string of the molecule is COc1ccc2oc(C(=O)N3CCC(Oc4cccc(C)n4)C3)cc2c1. The van der Waals surface area contributed by atoms with Crippen molar-refractivity contribution in [3.05, 3.63) is 53.9 Å². The van der Waals surface area contributed by atoms with Crippen LogP contribution in [0, 0.1) is 6.92 Å². The lowest BCUT2D eigenvalue weighted by Gasteiger charge is -2.15. The van der Waals surface area contributed by atoms with Gasteiger partial charge in [-0.05, 0) is 37.3 Å². The highest BCUT2D eigenvalue weighted by atomic mass is 16.5. The number of aryl methyl sites for hydroxylation is 1. The van der Waals surface area contributed by atoms with Gasteiger partial charge in [0.2, 0.25) is 5.88 Å². The van der Waals surface area contributed by atoms with E-state index in [1.165, 1.54) is 0 Å². The molecule has 0 spiro atoms. The lowest BCUT2D eigenvalue weighted by atomic mass is 10.2. The Labute approximate surface area is 151 Å². The van der Waals surface area contributed by atoms with Gasteiger partial charge in [0.15, 0.2) is 5.76 Å². The largest absolute Gasteiger partial charge is 0.497 e. The maximum Gasteiger partial charge on any atom is 0.289 e. The van der Waals surface area contributed by atoms with Gasteiger partial charge < -0.3 is 18.8 Å². The van der Waals surface area contributed by atoms with E-state index >= 15 is 0 Å². The minimum absolute atomic E-state index is 0.0577. The Morgan fingerprint density at radius 1 is 1.27 bits per heavy atom. The topological polar surface area (TPSA) is 64.8 Å². The summed E-state index contributed by atoms with van der Waals surface area (Å²) in [7, 11) is 1.61. The maximum absolute atomic E-state index is 12.8. The van der Waals surface area contributed by atoms with E-state index in [-0.39, 0.29) is 12.0 Å². The van der Waals surface area contributed by atoms with E-state index in [1.807, 2.05) is 43.3 Å².